The third-order valence-electron chi connectivity index (χ3n) is 5.39. The average Bonchev–Trinajstić information content (AvgIpc) is 2.78. The van der Waals surface area contributed by atoms with Crippen molar-refractivity contribution in [2.24, 2.45) is 5.92 Å². The van der Waals surface area contributed by atoms with E-state index < -0.39 is 0 Å². The van der Waals surface area contributed by atoms with E-state index in [1.165, 1.54) is 30.5 Å². The highest BCUT2D eigenvalue weighted by molar-refractivity contribution is 5.58. The van der Waals surface area contributed by atoms with Gasteiger partial charge in [0, 0.05) is 25.2 Å². The molecule has 0 spiro atoms. The van der Waals surface area contributed by atoms with Gasteiger partial charge in [-0.05, 0) is 49.4 Å². The molecule has 29 heavy (non-hydrogen) atoms. The number of hydrogen-bond acceptors (Lipinski definition) is 5. The molecule has 0 unspecified atom stereocenters. The van der Waals surface area contributed by atoms with E-state index in [-0.39, 0.29) is 5.82 Å². The second kappa shape index (κ2) is 9.56. The Morgan fingerprint density at radius 2 is 2.00 bits per heavy atom. The van der Waals surface area contributed by atoms with Gasteiger partial charge >= 0.3 is 0 Å². The van der Waals surface area contributed by atoms with Gasteiger partial charge in [-0.1, -0.05) is 42.5 Å². The number of likely N-dealkylation sites (tertiary alicyclic amines) is 1. The number of benzene rings is 2. The van der Waals surface area contributed by atoms with Crippen LogP contribution in [-0.4, -0.2) is 46.3 Å². The number of rotatable bonds is 7. The molecule has 2 aromatic carbocycles. The Kier molecular flexibility index (Phi) is 6.42. The summed E-state index contributed by atoms with van der Waals surface area (Å²) >= 11 is 0. The van der Waals surface area contributed by atoms with Gasteiger partial charge in [0.1, 0.15) is 5.82 Å². The molecular weight excluding hydrogens is 365 g/mol. The molecule has 3 aromatic rings. The quantitative estimate of drug-likeness (QED) is 0.659. The van der Waals surface area contributed by atoms with Crippen molar-refractivity contribution in [2.45, 2.75) is 19.3 Å². The minimum atomic E-state index is -0.284. The first-order valence-corrected chi connectivity index (χ1v) is 10.2. The number of halogens is 1. The third kappa shape index (κ3) is 5.57. The van der Waals surface area contributed by atoms with E-state index in [0.29, 0.717) is 23.1 Å². The number of piperidine rings is 1. The van der Waals surface area contributed by atoms with Gasteiger partial charge in [-0.2, -0.15) is 5.10 Å². The van der Waals surface area contributed by atoms with Crippen molar-refractivity contribution in [1.29, 1.82) is 0 Å². The van der Waals surface area contributed by atoms with Gasteiger partial charge in [-0.3, -0.25) is 0 Å². The fourth-order valence-electron chi connectivity index (χ4n) is 3.85. The molecule has 1 N–H and O–H groups in total. The van der Waals surface area contributed by atoms with Crippen LogP contribution in [0.4, 0.5) is 10.3 Å². The summed E-state index contributed by atoms with van der Waals surface area (Å²) < 4.78 is 13.5. The molecule has 0 amide bonds. The molecular formula is C23H26FN5. The molecule has 150 valence electrons. The summed E-state index contributed by atoms with van der Waals surface area (Å²) in [5.74, 6) is 0.766. The van der Waals surface area contributed by atoms with E-state index in [0.717, 1.165) is 32.6 Å². The number of anilines is 1. The largest absolute Gasteiger partial charge is 0.353 e. The van der Waals surface area contributed by atoms with Crippen LogP contribution in [0.5, 0.6) is 0 Å². The third-order valence-corrected chi connectivity index (χ3v) is 5.39. The minimum Gasteiger partial charge on any atom is -0.353 e. The van der Waals surface area contributed by atoms with Crippen LogP contribution in [0, 0.1) is 11.7 Å². The highest BCUT2D eigenvalue weighted by atomic mass is 19.1. The molecule has 0 bridgehead atoms. The molecule has 1 aliphatic heterocycles. The normalized spacial score (nSPS) is 17.2. The van der Waals surface area contributed by atoms with E-state index in [4.69, 9.17) is 0 Å². The lowest BCUT2D eigenvalue weighted by Gasteiger charge is -2.32. The molecule has 0 aliphatic carbocycles. The van der Waals surface area contributed by atoms with Crippen molar-refractivity contribution in [3.8, 4) is 11.3 Å². The number of hydrogen-bond donors (Lipinski definition) is 1. The van der Waals surface area contributed by atoms with Crippen molar-refractivity contribution < 1.29 is 4.39 Å². The molecule has 0 radical (unpaired) electrons. The maximum atomic E-state index is 13.5. The van der Waals surface area contributed by atoms with E-state index in [2.05, 4.69) is 55.7 Å². The van der Waals surface area contributed by atoms with Gasteiger partial charge in [0.15, 0.2) is 0 Å². The zero-order valence-electron chi connectivity index (χ0n) is 16.5. The zero-order chi connectivity index (χ0) is 19.9. The van der Waals surface area contributed by atoms with E-state index >= 15 is 0 Å². The topological polar surface area (TPSA) is 53.9 Å². The Labute approximate surface area is 171 Å². The van der Waals surface area contributed by atoms with E-state index in [1.54, 1.807) is 12.3 Å². The first-order valence-electron chi connectivity index (χ1n) is 10.2. The molecule has 1 aromatic heterocycles. The monoisotopic (exact) mass is 391 g/mol. The summed E-state index contributed by atoms with van der Waals surface area (Å²) in [6.07, 6.45) is 5.06. The van der Waals surface area contributed by atoms with Crippen LogP contribution in [-0.2, 0) is 6.42 Å². The van der Waals surface area contributed by atoms with Gasteiger partial charge < -0.3 is 10.2 Å². The maximum absolute atomic E-state index is 13.5. The molecule has 0 saturated carbocycles. The van der Waals surface area contributed by atoms with Crippen molar-refractivity contribution >= 4 is 5.95 Å². The SMILES string of the molecule is Fc1cccc(-c2cnnc(NC[C@H]3CCCN(CCc4ccccc4)C3)n2)c1. The summed E-state index contributed by atoms with van der Waals surface area (Å²) in [4.78, 5) is 7.05. The predicted molar refractivity (Wildman–Crippen MR) is 113 cm³/mol. The lowest BCUT2D eigenvalue weighted by Crippen LogP contribution is -2.39. The summed E-state index contributed by atoms with van der Waals surface area (Å²) in [6, 6.07) is 17.0. The number of nitrogens with one attached hydrogen (secondary N) is 1. The second-order valence-electron chi connectivity index (χ2n) is 7.60. The standard InChI is InChI=1S/C23H26FN5/c24-21-10-4-9-20(14-21)22-16-26-28-23(27-22)25-15-19-8-5-12-29(17-19)13-11-18-6-2-1-3-7-18/h1-4,6-7,9-10,14,16,19H,5,8,11-13,15,17H2,(H,25,27,28)/t19-/m1/s1. The van der Waals surface area contributed by atoms with Crippen LogP contribution in [0.15, 0.2) is 60.8 Å². The highest BCUT2D eigenvalue weighted by Gasteiger charge is 2.20. The lowest BCUT2D eigenvalue weighted by atomic mass is 9.97. The van der Waals surface area contributed by atoms with Gasteiger partial charge in [-0.25, -0.2) is 9.37 Å². The summed E-state index contributed by atoms with van der Waals surface area (Å²) in [7, 11) is 0. The Bertz CT molecular complexity index is 918. The van der Waals surface area contributed by atoms with E-state index in [9.17, 15) is 4.39 Å². The Balaban J connectivity index is 1.30. The first-order chi connectivity index (χ1) is 14.3. The van der Waals surface area contributed by atoms with Crippen molar-refractivity contribution in [1.82, 2.24) is 20.1 Å². The zero-order valence-corrected chi connectivity index (χ0v) is 16.5. The first kappa shape index (κ1) is 19.5. The number of nitrogens with zero attached hydrogens (tertiary/aromatic N) is 4. The number of aromatic nitrogens is 3. The van der Waals surface area contributed by atoms with Crippen LogP contribution < -0.4 is 5.32 Å². The fourth-order valence-corrected chi connectivity index (χ4v) is 3.85. The van der Waals surface area contributed by atoms with Crippen LogP contribution >= 0.6 is 0 Å². The fraction of sp³-hybridized carbons (Fsp3) is 0.348. The van der Waals surface area contributed by atoms with Crippen LogP contribution in [0.2, 0.25) is 0 Å². The Morgan fingerprint density at radius 3 is 2.86 bits per heavy atom. The minimum absolute atomic E-state index is 0.284. The molecule has 2 heterocycles. The van der Waals surface area contributed by atoms with Crippen LogP contribution in [0.3, 0.4) is 0 Å². The predicted octanol–water partition coefficient (Wildman–Crippen LogP) is 4.04. The van der Waals surface area contributed by atoms with E-state index in [1.807, 2.05) is 6.07 Å². The summed E-state index contributed by atoms with van der Waals surface area (Å²) in [5.41, 5.74) is 2.71. The average molecular weight is 391 g/mol. The van der Waals surface area contributed by atoms with Crippen molar-refractivity contribution in [3.05, 3.63) is 72.2 Å². The highest BCUT2D eigenvalue weighted by Crippen LogP contribution is 2.19. The van der Waals surface area contributed by atoms with Gasteiger partial charge in [0.05, 0.1) is 11.9 Å². The van der Waals surface area contributed by atoms with Gasteiger partial charge in [-0.15, -0.1) is 5.10 Å². The molecule has 1 atom stereocenters. The molecule has 1 fully saturated rings. The Morgan fingerprint density at radius 1 is 1.10 bits per heavy atom. The van der Waals surface area contributed by atoms with Crippen molar-refractivity contribution in [2.75, 3.05) is 31.5 Å². The van der Waals surface area contributed by atoms with Crippen molar-refractivity contribution in [3.63, 3.8) is 0 Å². The molecule has 6 heteroatoms. The smallest absolute Gasteiger partial charge is 0.243 e. The van der Waals surface area contributed by atoms with Gasteiger partial charge in [0.25, 0.3) is 0 Å². The summed E-state index contributed by atoms with van der Waals surface area (Å²) in [5, 5.41) is 11.4. The Hall–Kier alpha value is -2.86. The maximum Gasteiger partial charge on any atom is 0.243 e. The second-order valence-corrected chi connectivity index (χ2v) is 7.60. The molecule has 5 nitrogen and oxygen atoms in total. The molecule has 4 rings (SSSR count). The van der Waals surface area contributed by atoms with Crippen LogP contribution in [0.25, 0.3) is 11.3 Å². The molecule has 1 saturated heterocycles. The van der Waals surface area contributed by atoms with Gasteiger partial charge in [0.2, 0.25) is 5.95 Å². The summed E-state index contributed by atoms with van der Waals surface area (Å²) in [6.45, 7) is 4.15. The molecule has 1 aliphatic rings. The lowest BCUT2D eigenvalue weighted by molar-refractivity contribution is 0.182. The van der Waals surface area contributed by atoms with Crippen LogP contribution in [0.1, 0.15) is 18.4 Å².